The van der Waals surface area contributed by atoms with Crippen molar-refractivity contribution < 1.29 is 5.11 Å². The molecule has 0 bridgehead atoms. The predicted molar refractivity (Wildman–Crippen MR) is 68.9 cm³/mol. The van der Waals surface area contributed by atoms with Crippen molar-refractivity contribution in [3.05, 3.63) is 29.8 Å². The molecule has 2 aliphatic carbocycles. The molecule has 2 aliphatic rings. The number of hydrogen-bond acceptors (Lipinski definition) is 2. The van der Waals surface area contributed by atoms with Crippen molar-refractivity contribution in [2.24, 2.45) is 17.6 Å². The van der Waals surface area contributed by atoms with Gasteiger partial charge in [0.1, 0.15) is 5.75 Å². The summed E-state index contributed by atoms with van der Waals surface area (Å²) >= 11 is 0. The van der Waals surface area contributed by atoms with E-state index in [2.05, 4.69) is 6.07 Å². The molecule has 2 fully saturated rings. The molecule has 92 valence electrons. The van der Waals surface area contributed by atoms with Crippen LogP contribution in [-0.4, -0.2) is 11.7 Å². The van der Waals surface area contributed by atoms with Crippen LogP contribution in [0.4, 0.5) is 0 Å². The second-order valence-corrected chi connectivity index (χ2v) is 5.71. The van der Waals surface area contributed by atoms with Gasteiger partial charge in [-0.3, -0.25) is 0 Å². The van der Waals surface area contributed by atoms with Crippen LogP contribution in [0.3, 0.4) is 0 Å². The molecule has 2 nitrogen and oxygen atoms in total. The molecule has 0 amide bonds. The number of aromatic hydroxyl groups is 1. The van der Waals surface area contributed by atoms with Gasteiger partial charge >= 0.3 is 0 Å². The molecule has 0 spiro atoms. The van der Waals surface area contributed by atoms with Crippen LogP contribution in [0.2, 0.25) is 0 Å². The molecule has 0 heterocycles. The second kappa shape index (κ2) is 4.02. The lowest BCUT2D eigenvalue weighted by molar-refractivity contribution is 0.383. The summed E-state index contributed by atoms with van der Waals surface area (Å²) in [5.41, 5.74) is 7.50. The Morgan fingerprint density at radius 3 is 2.65 bits per heavy atom. The van der Waals surface area contributed by atoms with Gasteiger partial charge in [0.15, 0.2) is 0 Å². The van der Waals surface area contributed by atoms with E-state index in [1.165, 1.54) is 37.7 Å². The molecule has 0 aliphatic heterocycles. The third kappa shape index (κ3) is 1.66. The van der Waals surface area contributed by atoms with Gasteiger partial charge < -0.3 is 10.8 Å². The number of nitrogens with two attached hydrogens (primary N) is 1. The van der Waals surface area contributed by atoms with E-state index in [-0.39, 0.29) is 0 Å². The van der Waals surface area contributed by atoms with Crippen molar-refractivity contribution in [1.29, 1.82) is 0 Å². The Labute approximate surface area is 103 Å². The zero-order chi connectivity index (χ0) is 11.9. The van der Waals surface area contributed by atoms with E-state index in [1.807, 2.05) is 12.1 Å². The molecule has 1 unspecified atom stereocenters. The minimum absolute atomic E-state index is 0.296. The standard InChI is InChI=1S/C15H21NO/c16-10-13-9-15(13,11-4-1-2-5-11)12-6-3-7-14(17)8-12/h3,6-8,11,13,17H,1-2,4-5,9-10,16H2/t13-,15?/m0/s1. The molecule has 17 heavy (non-hydrogen) atoms. The quantitative estimate of drug-likeness (QED) is 0.840. The smallest absolute Gasteiger partial charge is 0.115 e. The van der Waals surface area contributed by atoms with Crippen LogP contribution in [0.5, 0.6) is 5.75 Å². The lowest BCUT2D eigenvalue weighted by Crippen LogP contribution is -2.23. The van der Waals surface area contributed by atoms with Crippen molar-refractivity contribution >= 4 is 0 Å². The summed E-state index contributed by atoms with van der Waals surface area (Å²) in [6, 6.07) is 7.85. The average molecular weight is 231 g/mol. The van der Waals surface area contributed by atoms with Gasteiger partial charge in [0.25, 0.3) is 0 Å². The van der Waals surface area contributed by atoms with Crippen LogP contribution in [0.15, 0.2) is 24.3 Å². The van der Waals surface area contributed by atoms with E-state index in [0.29, 0.717) is 17.1 Å². The first-order chi connectivity index (χ1) is 8.27. The zero-order valence-corrected chi connectivity index (χ0v) is 10.2. The molecule has 2 atom stereocenters. The molecule has 0 aromatic heterocycles. The number of benzene rings is 1. The van der Waals surface area contributed by atoms with E-state index < -0.39 is 0 Å². The zero-order valence-electron chi connectivity index (χ0n) is 10.2. The van der Waals surface area contributed by atoms with Gasteiger partial charge in [-0.1, -0.05) is 25.0 Å². The first-order valence-corrected chi connectivity index (χ1v) is 6.77. The van der Waals surface area contributed by atoms with E-state index in [1.54, 1.807) is 6.07 Å². The van der Waals surface area contributed by atoms with Gasteiger partial charge in [-0.05, 0) is 55.3 Å². The van der Waals surface area contributed by atoms with Crippen LogP contribution in [0, 0.1) is 11.8 Å². The highest BCUT2D eigenvalue weighted by Gasteiger charge is 2.58. The topological polar surface area (TPSA) is 46.2 Å². The van der Waals surface area contributed by atoms with Crippen LogP contribution < -0.4 is 5.73 Å². The molecule has 0 radical (unpaired) electrons. The lowest BCUT2D eigenvalue weighted by atomic mass is 9.79. The van der Waals surface area contributed by atoms with Crippen molar-refractivity contribution in [3.8, 4) is 5.75 Å². The number of rotatable bonds is 3. The third-order valence-corrected chi connectivity index (χ3v) is 4.90. The maximum atomic E-state index is 9.67. The average Bonchev–Trinajstić information content (AvgIpc) is 2.83. The summed E-state index contributed by atoms with van der Waals surface area (Å²) < 4.78 is 0. The largest absolute Gasteiger partial charge is 0.508 e. The Hall–Kier alpha value is -1.02. The summed E-state index contributed by atoms with van der Waals surface area (Å²) in [4.78, 5) is 0. The highest BCUT2D eigenvalue weighted by molar-refractivity contribution is 5.40. The van der Waals surface area contributed by atoms with Gasteiger partial charge in [0, 0.05) is 5.41 Å². The molecule has 1 aromatic rings. The van der Waals surface area contributed by atoms with Gasteiger partial charge in [-0.15, -0.1) is 0 Å². The van der Waals surface area contributed by atoms with Gasteiger partial charge in [0.2, 0.25) is 0 Å². The summed E-state index contributed by atoms with van der Waals surface area (Å²) in [5.74, 6) is 1.81. The van der Waals surface area contributed by atoms with E-state index in [9.17, 15) is 5.11 Å². The van der Waals surface area contributed by atoms with E-state index >= 15 is 0 Å². The molecule has 3 N–H and O–H groups in total. The fraction of sp³-hybridized carbons (Fsp3) is 0.600. The minimum Gasteiger partial charge on any atom is -0.508 e. The number of phenols is 1. The predicted octanol–water partition coefficient (Wildman–Crippen LogP) is 2.80. The minimum atomic E-state index is 0.296. The first-order valence-electron chi connectivity index (χ1n) is 6.77. The van der Waals surface area contributed by atoms with E-state index in [0.717, 1.165) is 12.5 Å². The normalized spacial score (nSPS) is 32.9. The maximum Gasteiger partial charge on any atom is 0.115 e. The fourth-order valence-corrected chi connectivity index (χ4v) is 3.97. The van der Waals surface area contributed by atoms with Gasteiger partial charge in [-0.2, -0.15) is 0 Å². The summed E-state index contributed by atoms with van der Waals surface area (Å²) in [5, 5.41) is 9.67. The molecule has 3 rings (SSSR count). The van der Waals surface area contributed by atoms with Crippen LogP contribution in [-0.2, 0) is 5.41 Å². The van der Waals surface area contributed by atoms with Crippen molar-refractivity contribution in [2.45, 2.75) is 37.5 Å². The summed E-state index contributed by atoms with van der Waals surface area (Å²) in [7, 11) is 0. The second-order valence-electron chi connectivity index (χ2n) is 5.71. The molecular weight excluding hydrogens is 210 g/mol. The molecule has 2 saturated carbocycles. The van der Waals surface area contributed by atoms with Crippen molar-refractivity contribution in [2.75, 3.05) is 6.54 Å². The Balaban J connectivity index is 1.95. The fourth-order valence-electron chi connectivity index (χ4n) is 3.97. The molecule has 2 heteroatoms. The first kappa shape index (κ1) is 11.1. The molecule has 1 aromatic carbocycles. The highest BCUT2D eigenvalue weighted by Crippen LogP contribution is 2.62. The Kier molecular flexibility index (Phi) is 2.62. The van der Waals surface area contributed by atoms with Crippen molar-refractivity contribution in [1.82, 2.24) is 0 Å². The third-order valence-electron chi connectivity index (χ3n) is 4.90. The monoisotopic (exact) mass is 231 g/mol. The van der Waals surface area contributed by atoms with Crippen LogP contribution >= 0.6 is 0 Å². The Morgan fingerprint density at radius 2 is 2.06 bits per heavy atom. The maximum absolute atomic E-state index is 9.67. The van der Waals surface area contributed by atoms with Gasteiger partial charge in [-0.25, -0.2) is 0 Å². The lowest BCUT2D eigenvalue weighted by Gasteiger charge is -2.25. The van der Waals surface area contributed by atoms with Crippen LogP contribution in [0.25, 0.3) is 0 Å². The number of phenolic OH excluding ortho intramolecular Hbond substituents is 1. The Morgan fingerprint density at radius 1 is 1.29 bits per heavy atom. The molecular formula is C15H21NO. The van der Waals surface area contributed by atoms with Crippen molar-refractivity contribution in [3.63, 3.8) is 0 Å². The van der Waals surface area contributed by atoms with Gasteiger partial charge in [0.05, 0.1) is 0 Å². The number of hydrogen-bond donors (Lipinski definition) is 2. The van der Waals surface area contributed by atoms with E-state index in [4.69, 9.17) is 5.73 Å². The summed E-state index contributed by atoms with van der Waals surface area (Å²) in [6.45, 7) is 0.784. The van der Waals surface area contributed by atoms with Crippen LogP contribution in [0.1, 0.15) is 37.7 Å². The Bertz CT molecular complexity index is 411. The SMILES string of the molecule is NC[C@@H]1CC1(c1cccc(O)c1)C1CCCC1. The molecule has 0 saturated heterocycles. The summed E-state index contributed by atoms with van der Waals surface area (Å²) in [6.07, 6.45) is 6.63. The highest BCUT2D eigenvalue weighted by atomic mass is 16.3.